The number of hydrazine groups is 1. The van der Waals surface area contributed by atoms with Crippen LogP contribution in [0.3, 0.4) is 0 Å². The molecule has 0 aromatic heterocycles. The molecule has 0 radical (unpaired) electrons. The van der Waals surface area contributed by atoms with Crippen molar-refractivity contribution in [1.29, 1.82) is 0 Å². The van der Waals surface area contributed by atoms with E-state index in [9.17, 15) is 14.4 Å². The Bertz CT molecular complexity index is 656. The summed E-state index contributed by atoms with van der Waals surface area (Å²) in [4.78, 5) is 38.5. The summed E-state index contributed by atoms with van der Waals surface area (Å²) in [6.45, 7) is 2.13. The predicted molar refractivity (Wildman–Crippen MR) is 77.0 cm³/mol. The third kappa shape index (κ3) is 1.87. The lowest BCUT2D eigenvalue weighted by Gasteiger charge is -2.30. The second kappa shape index (κ2) is 4.91. The number of carbonyl (C=O) groups is 3. The number of carbonyl (C=O) groups excluding carboxylic acids is 3. The minimum atomic E-state index is -0.804. The van der Waals surface area contributed by atoms with Crippen LogP contribution in [0.1, 0.15) is 36.4 Å². The van der Waals surface area contributed by atoms with E-state index in [4.69, 9.17) is 0 Å². The van der Waals surface area contributed by atoms with E-state index in [1.165, 1.54) is 4.90 Å². The first-order valence-corrected chi connectivity index (χ1v) is 7.66. The van der Waals surface area contributed by atoms with Gasteiger partial charge in [0.25, 0.3) is 5.91 Å². The lowest BCUT2D eigenvalue weighted by Crippen LogP contribution is -2.47. The van der Waals surface area contributed by atoms with E-state index in [2.05, 4.69) is 0 Å². The van der Waals surface area contributed by atoms with E-state index in [1.54, 1.807) is 5.01 Å². The van der Waals surface area contributed by atoms with E-state index in [-0.39, 0.29) is 30.6 Å². The highest BCUT2D eigenvalue weighted by Gasteiger charge is 2.45. The van der Waals surface area contributed by atoms with Crippen LogP contribution in [-0.2, 0) is 20.9 Å². The Hall–Kier alpha value is -2.21. The zero-order valence-electron chi connectivity index (χ0n) is 12.2. The number of likely N-dealkylation sites (tertiary alicyclic amines) is 1. The van der Waals surface area contributed by atoms with Gasteiger partial charge in [0.05, 0.1) is 0 Å². The molecule has 6 heteroatoms. The Balaban J connectivity index is 1.85. The summed E-state index contributed by atoms with van der Waals surface area (Å²) in [5, 5.41) is 3.73. The second-order valence-corrected chi connectivity index (χ2v) is 5.96. The average Bonchev–Trinajstić information content (AvgIpc) is 3.07. The van der Waals surface area contributed by atoms with Gasteiger partial charge < -0.3 is 0 Å². The zero-order valence-corrected chi connectivity index (χ0v) is 12.2. The molecule has 3 heterocycles. The Morgan fingerprint density at radius 1 is 0.955 bits per heavy atom. The second-order valence-electron chi connectivity index (χ2n) is 5.96. The van der Waals surface area contributed by atoms with Crippen molar-refractivity contribution in [1.82, 2.24) is 14.9 Å². The molecule has 0 N–H and O–H groups in total. The first-order valence-electron chi connectivity index (χ1n) is 7.66. The van der Waals surface area contributed by atoms with Crippen molar-refractivity contribution in [3.05, 3.63) is 35.4 Å². The maximum Gasteiger partial charge on any atom is 0.264 e. The first-order chi connectivity index (χ1) is 10.7. The highest BCUT2D eigenvalue weighted by Crippen LogP contribution is 2.35. The Morgan fingerprint density at radius 2 is 1.68 bits per heavy atom. The number of rotatable bonds is 1. The molecule has 0 unspecified atom stereocenters. The Labute approximate surface area is 128 Å². The monoisotopic (exact) mass is 299 g/mol. The van der Waals surface area contributed by atoms with Crippen molar-refractivity contribution in [3.63, 3.8) is 0 Å². The van der Waals surface area contributed by atoms with Gasteiger partial charge in [0.1, 0.15) is 6.04 Å². The molecule has 1 aromatic rings. The van der Waals surface area contributed by atoms with Gasteiger partial charge in [0.15, 0.2) is 0 Å². The van der Waals surface area contributed by atoms with Crippen molar-refractivity contribution < 1.29 is 14.4 Å². The van der Waals surface area contributed by atoms with E-state index in [1.807, 2.05) is 29.3 Å². The van der Waals surface area contributed by atoms with E-state index in [0.29, 0.717) is 13.1 Å². The number of nitrogens with zero attached hydrogens (tertiary/aromatic N) is 3. The van der Waals surface area contributed by atoms with Gasteiger partial charge >= 0.3 is 0 Å². The fraction of sp³-hybridized carbons (Fsp3) is 0.438. The van der Waals surface area contributed by atoms with Crippen LogP contribution in [0.4, 0.5) is 0 Å². The number of amides is 3. The predicted octanol–water partition coefficient (Wildman–Crippen LogP) is 0.840. The maximum atomic E-state index is 13.0. The van der Waals surface area contributed by atoms with Crippen LogP contribution in [0.15, 0.2) is 24.3 Å². The molecule has 0 aliphatic carbocycles. The molecule has 2 fully saturated rings. The normalized spacial score (nSPS) is 25.5. The number of hydrogen-bond acceptors (Lipinski definition) is 4. The summed E-state index contributed by atoms with van der Waals surface area (Å²) >= 11 is 0. The Morgan fingerprint density at radius 3 is 2.45 bits per heavy atom. The minimum absolute atomic E-state index is 0.161. The molecule has 0 spiro atoms. The standard InChI is InChI=1S/C16H17N3O3/c20-13-6-7-14(21)19(13)15-12-5-2-1-4-11(12)10-17-8-3-9-18(17)16(15)22/h1-2,4-5,15H,3,6-10H2/t15-/m0/s1. The highest BCUT2D eigenvalue weighted by atomic mass is 16.2. The van der Waals surface area contributed by atoms with Crippen LogP contribution in [-0.4, -0.2) is 45.7 Å². The quantitative estimate of drug-likeness (QED) is 0.721. The average molecular weight is 299 g/mol. The van der Waals surface area contributed by atoms with E-state index < -0.39 is 6.04 Å². The van der Waals surface area contributed by atoms with Crippen LogP contribution < -0.4 is 0 Å². The van der Waals surface area contributed by atoms with Gasteiger partial charge in [0.2, 0.25) is 11.8 Å². The van der Waals surface area contributed by atoms with Crippen LogP contribution in [0.5, 0.6) is 0 Å². The van der Waals surface area contributed by atoms with Crippen LogP contribution >= 0.6 is 0 Å². The topological polar surface area (TPSA) is 60.9 Å². The molecule has 4 rings (SSSR count). The van der Waals surface area contributed by atoms with Gasteiger partial charge in [0, 0.05) is 32.5 Å². The number of imide groups is 1. The smallest absolute Gasteiger partial charge is 0.264 e. The minimum Gasteiger partial charge on any atom is -0.274 e. The van der Waals surface area contributed by atoms with Crippen LogP contribution in [0.2, 0.25) is 0 Å². The molecule has 3 aliphatic heterocycles. The van der Waals surface area contributed by atoms with Gasteiger partial charge in [-0.05, 0) is 17.5 Å². The highest BCUT2D eigenvalue weighted by molar-refractivity contribution is 6.06. The molecular weight excluding hydrogens is 282 g/mol. The van der Waals surface area contributed by atoms with Gasteiger partial charge in [-0.3, -0.25) is 24.3 Å². The van der Waals surface area contributed by atoms with E-state index in [0.717, 1.165) is 24.1 Å². The molecular formula is C16H17N3O3. The lowest BCUT2D eigenvalue weighted by molar-refractivity contribution is -0.157. The van der Waals surface area contributed by atoms with E-state index >= 15 is 0 Å². The molecule has 0 saturated carbocycles. The molecule has 22 heavy (non-hydrogen) atoms. The SMILES string of the molecule is O=C1CCC(=O)N1[C@@H]1C(=O)N2CCCN2Cc2ccccc21. The number of hydrogen-bond donors (Lipinski definition) is 0. The number of benzene rings is 1. The summed E-state index contributed by atoms with van der Waals surface area (Å²) < 4.78 is 0. The summed E-state index contributed by atoms with van der Waals surface area (Å²) in [5.74, 6) is -0.650. The molecule has 0 bridgehead atoms. The molecule has 1 atom stereocenters. The molecule has 6 nitrogen and oxygen atoms in total. The van der Waals surface area contributed by atoms with Gasteiger partial charge in [-0.15, -0.1) is 0 Å². The van der Waals surface area contributed by atoms with Crippen LogP contribution in [0, 0.1) is 0 Å². The molecule has 3 aliphatic rings. The van der Waals surface area contributed by atoms with Crippen molar-refractivity contribution in [2.75, 3.05) is 13.1 Å². The van der Waals surface area contributed by atoms with Gasteiger partial charge in [-0.1, -0.05) is 24.3 Å². The zero-order chi connectivity index (χ0) is 15.3. The number of fused-ring (bicyclic) bond motifs is 2. The van der Waals surface area contributed by atoms with Crippen molar-refractivity contribution >= 4 is 17.7 Å². The fourth-order valence-corrected chi connectivity index (χ4v) is 3.63. The third-order valence-electron chi connectivity index (χ3n) is 4.67. The van der Waals surface area contributed by atoms with Crippen molar-refractivity contribution in [3.8, 4) is 0 Å². The lowest BCUT2D eigenvalue weighted by atomic mass is 9.98. The summed E-state index contributed by atoms with van der Waals surface area (Å²) in [6.07, 6.45) is 1.32. The fourth-order valence-electron chi connectivity index (χ4n) is 3.63. The maximum absolute atomic E-state index is 13.0. The first kappa shape index (κ1) is 13.5. The summed E-state index contributed by atoms with van der Waals surface area (Å²) in [5.41, 5.74) is 1.79. The molecule has 1 aromatic carbocycles. The summed E-state index contributed by atoms with van der Waals surface area (Å²) in [6, 6.07) is 6.82. The molecule has 3 amide bonds. The molecule has 2 saturated heterocycles. The van der Waals surface area contributed by atoms with Crippen molar-refractivity contribution in [2.45, 2.75) is 31.8 Å². The summed E-state index contributed by atoms with van der Waals surface area (Å²) in [7, 11) is 0. The molecule has 114 valence electrons. The van der Waals surface area contributed by atoms with Gasteiger partial charge in [-0.2, -0.15) is 0 Å². The van der Waals surface area contributed by atoms with Crippen LogP contribution in [0.25, 0.3) is 0 Å². The third-order valence-corrected chi connectivity index (χ3v) is 4.67. The van der Waals surface area contributed by atoms with Gasteiger partial charge in [-0.25, -0.2) is 5.01 Å². The largest absolute Gasteiger partial charge is 0.274 e. The Kier molecular flexibility index (Phi) is 3.00. The van der Waals surface area contributed by atoms with Crippen molar-refractivity contribution in [2.24, 2.45) is 0 Å².